The van der Waals surface area contributed by atoms with Crippen molar-refractivity contribution in [1.82, 2.24) is 10.1 Å². The van der Waals surface area contributed by atoms with E-state index in [1.54, 1.807) is 19.1 Å². The Labute approximate surface area is 121 Å². The molecule has 110 valence electrons. The van der Waals surface area contributed by atoms with Crippen molar-refractivity contribution >= 4 is 17.6 Å². The molecule has 2 rings (SSSR count). The number of nitrogens with zero attached hydrogens (tertiary/aromatic N) is 2. The molecular weight excluding hydrogens is 274 g/mol. The van der Waals surface area contributed by atoms with Crippen LogP contribution in [0.2, 0.25) is 0 Å². The number of carbonyl (C=O) groups is 2. The molecule has 7 heteroatoms. The van der Waals surface area contributed by atoms with E-state index in [0.717, 1.165) is 0 Å². The summed E-state index contributed by atoms with van der Waals surface area (Å²) in [6.45, 7) is 3.56. The summed E-state index contributed by atoms with van der Waals surface area (Å²) in [7, 11) is 0. The SMILES string of the molecule is CCc1noc(C)c1C(=O)Nc1ccc(CC(=O)O)nc1. The van der Waals surface area contributed by atoms with Gasteiger partial charge in [-0.1, -0.05) is 12.1 Å². The number of aromatic nitrogens is 2. The lowest BCUT2D eigenvalue weighted by Crippen LogP contribution is -2.14. The maximum absolute atomic E-state index is 12.2. The fraction of sp³-hybridized carbons (Fsp3) is 0.286. The second kappa shape index (κ2) is 6.17. The Morgan fingerprint density at radius 3 is 2.71 bits per heavy atom. The summed E-state index contributed by atoms with van der Waals surface area (Å²) in [4.78, 5) is 26.8. The average Bonchev–Trinajstić information content (AvgIpc) is 2.81. The molecular formula is C14H15N3O4. The van der Waals surface area contributed by atoms with Gasteiger partial charge in [0.15, 0.2) is 0 Å². The van der Waals surface area contributed by atoms with Gasteiger partial charge >= 0.3 is 5.97 Å². The lowest BCUT2D eigenvalue weighted by molar-refractivity contribution is -0.136. The number of carboxylic acid groups (broad SMARTS) is 1. The van der Waals surface area contributed by atoms with Gasteiger partial charge in [0, 0.05) is 0 Å². The molecule has 0 saturated carbocycles. The number of hydrogen-bond donors (Lipinski definition) is 2. The molecule has 0 aromatic carbocycles. The van der Waals surface area contributed by atoms with Gasteiger partial charge in [0.1, 0.15) is 11.3 Å². The molecule has 0 radical (unpaired) electrons. The third kappa shape index (κ3) is 3.44. The highest BCUT2D eigenvalue weighted by molar-refractivity contribution is 6.05. The molecule has 0 saturated heterocycles. The maximum atomic E-state index is 12.2. The molecule has 0 aliphatic carbocycles. The van der Waals surface area contributed by atoms with Crippen LogP contribution in [0.3, 0.4) is 0 Å². The van der Waals surface area contributed by atoms with E-state index in [-0.39, 0.29) is 12.3 Å². The second-order valence-electron chi connectivity index (χ2n) is 4.48. The van der Waals surface area contributed by atoms with Gasteiger partial charge < -0.3 is 14.9 Å². The van der Waals surface area contributed by atoms with Crippen molar-refractivity contribution in [1.29, 1.82) is 0 Å². The number of nitrogens with one attached hydrogen (secondary N) is 1. The van der Waals surface area contributed by atoms with Crippen molar-refractivity contribution in [3.63, 3.8) is 0 Å². The van der Waals surface area contributed by atoms with Gasteiger partial charge in [0.2, 0.25) is 0 Å². The van der Waals surface area contributed by atoms with E-state index in [0.29, 0.717) is 34.8 Å². The van der Waals surface area contributed by atoms with Crippen LogP contribution in [0, 0.1) is 6.92 Å². The van der Waals surface area contributed by atoms with Crippen LogP contribution in [-0.4, -0.2) is 27.1 Å². The highest BCUT2D eigenvalue weighted by atomic mass is 16.5. The maximum Gasteiger partial charge on any atom is 0.309 e. The van der Waals surface area contributed by atoms with Gasteiger partial charge in [-0.15, -0.1) is 0 Å². The Bertz CT molecular complexity index is 661. The van der Waals surface area contributed by atoms with Crippen molar-refractivity contribution in [3.05, 3.63) is 41.0 Å². The number of rotatable bonds is 5. The van der Waals surface area contributed by atoms with Crippen LogP contribution in [-0.2, 0) is 17.6 Å². The second-order valence-corrected chi connectivity index (χ2v) is 4.48. The zero-order valence-electron chi connectivity index (χ0n) is 11.7. The molecule has 2 heterocycles. The zero-order chi connectivity index (χ0) is 15.4. The minimum absolute atomic E-state index is 0.154. The first-order valence-corrected chi connectivity index (χ1v) is 6.44. The standard InChI is InChI=1S/C14H15N3O4/c1-3-11-13(8(2)21-17-11)14(20)16-10-5-4-9(15-7-10)6-12(18)19/h4-5,7H,3,6H2,1-2H3,(H,16,20)(H,18,19). The van der Waals surface area contributed by atoms with E-state index in [1.807, 2.05) is 6.92 Å². The molecule has 2 N–H and O–H groups in total. The number of aryl methyl sites for hydroxylation is 2. The Hall–Kier alpha value is -2.70. The van der Waals surface area contributed by atoms with E-state index in [2.05, 4.69) is 15.5 Å². The summed E-state index contributed by atoms with van der Waals surface area (Å²) in [5.41, 5.74) is 1.93. The Morgan fingerprint density at radius 2 is 2.14 bits per heavy atom. The third-order valence-corrected chi connectivity index (χ3v) is 2.91. The summed E-state index contributed by atoms with van der Waals surface area (Å²) in [5, 5.41) is 15.2. The summed E-state index contributed by atoms with van der Waals surface area (Å²) in [5.74, 6) is -0.815. The zero-order valence-corrected chi connectivity index (χ0v) is 11.7. The van der Waals surface area contributed by atoms with Gasteiger partial charge in [0.25, 0.3) is 5.91 Å². The average molecular weight is 289 g/mol. The number of pyridine rings is 1. The lowest BCUT2D eigenvalue weighted by atomic mass is 10.1. The van der Waals surface area contributed by atoms with Gasteiger partial charge in [0.05, 0.1) is 29.7 Å². The molecule has 0 spiro atoms. The molecule has 2 aromatic heterocycles. The van der Waals surface area contributed by atoms with Crippen molar-refractivity contribution in [2.75, 3.05) is 5.32 Å². The molecule has 0 unspecified atom stereocenters. The van der Waals surface area contributed by atoms with Gasteiger partial charge in [-0.05, 0) is 25.5 Å². The molecule has 0 aliphatic heterocycles. The van der Waals surface area contributed by atoms with Crippen molar-refractivity contribution in [3.8, 4) is 0 Å². The number of aliphatic carboxylic acids is 1. The van der Waals surface area contributed by atoms with Crippen LogP contribution in [0.15, 0.2) is 22.9 Å². The van der Waals surface area contributed by atoms with E-state index >= 15 is 0 Å². The number of carboxylic acids is 1. The third-order valence-electron chi connectivity index (χ3n) is 2.91. The Morgan fingerprint density at radius 1 is 1.38 bits per heavy atom. The smallest absolute Gasteiger partial charge is 0.309 e. The quantitative estimate of drug-likeness (QED) is 0.869. The van der Waals surface area contributed by atoms with Crippen LogP contribution in [0.5, 0.6) is 0 Å². The van der Waals surface area contributed by atoms with Crippen LogP contribution < -0.4 is 5.32 Å². The minimum Gasteiger partial charge on any atom is -0.481 e. The van der Waals surface area contributed by atoms with Crippen molar-refractivity contribution < 1.29 is 19.2 Å². The predicted octanol–water partition coefficient (Wildman–Crippen LogP) is 1.82. The van der Waals surface area contributed by atoms with Gasteiger partial charge in [-0.2, -0.15) is 0 Å². The fourth-order valence-electron chi connectivity index (χ4n) is 1.90. The topological polar surface area (TPSA) is 105 Å². The largest absolute Gasteiger partial charge is 0.481 e. The van der Waals surface area contributed by atoms with E-state index in [4.69, 9.17) is 9.63 Å². The predicted molar refractivity (Wildman–Crippen MR) is 74.1 cm³/mol. The fourth-order valence-corrected chi connectivity index (χ4v) is 1.90. The summed E-state index contributed by atoms with van der Waals surface area (Å²) in [6.07, 6.45) is 1.86. The molecule has 2 aromatic rings. The number of amides is 1. The molecule has 0 aliphatic rings. The van der Waals surface area contributed by atoms with Crippen molar-refractivity contribution in [2.24, 2.45) is 0 Å². The highest BCUT2D eigenvalue weighted by Gasteiger charge is 2.19. The number of carbonyl (C=O) groups excluding carboxylic acids is 1. The van der Waals surface area contributed by atoms with Crippen LogP contribution in [0.25, 0.3) is 0 Å². The highest BCUT2D eigenvalue weighted by Crippen LogP contribution is 2.16. The van der Waals surface area contributed by atoms with Gasteiger partial charge in [-0.3, -0.25) is 14.6 Å². The summed E-state index contributed by atoms with van der Waals surface area (Å²) in [6, 6.07) is 3.17. The summed E-state index contributed by atoms with van der Waals surface area (Å²) >= 11 is 0. The molecule has 1 amide bonds. The number of hydrogen-bond acceptors (Lipinski definition) is 5. The Balaban J connectivity index is 2.12. The molecule has 0 atom stereocenters. The minimum atomic E-state index is -0.952. The monoisotopic (exact) mass is 289 g/mol. The van der Waals surface area contributed by atoms with E-state index in [1.165, 1.54) is 6.20 Å². The number of anilines is 1. The van der Waals surface area contributed by atoms with Crippen LogP contribution in [0.1, 0.15) is 34.4 Å². The lowest BCUT2D eigenvalue weighted by Gasteiger charge is -2.05. The molecule has 0 bridgehead atoms. The summed E-state index contributed by atoms with van der Waals surface area (Å²) < 4.78 is 5.02. The van der Waals surface area contributed by atoms with Crippen LogP contribution >= 0.6 is 0 Å². The van der Waals surface area contributed by atoms with Crippen LogP contribution in [0.4, 0.5) is 5.69 Å². The Kier molecular flexibility index (Phi) is 4.32. The van der Waals surface area contributed by atoms with Crippen molar-refractivity contribution in [2.45, 2.75) is 26.7 Å². The van der Waals surface area contributed by atoms with Gasteiger partial charge in [-0.25, -0.2) is 0 Å². The first kappa shape index (κ1) is 14.7. The van der Waals surface area contributed by atoms with E-state index in [9.17, 15) is 9.59 Å². The van der Waals surface area contributed by atoms with E-state index < -0.39 is 5.97 Å². The first-order chi connectivity index (χ1) is 10.0. The molecule has 21 heavy (non-hydrogen) atoms. The first-order valence-electron chi connectivity index (χ1n) is 6.44. The molecule has 7 nitrogen and oxygen atoms in total. The normalized spacial score (nSPS) is 10.4. The molecule has 0 fully saturated rings.